The van der Waals surface area contributed by atoms with E-state index < -0.39 is 11.4 Å². The quantitative estimate of drug-likeness (QED) is 0.788. The van der Waals surface area contributed by atoms with Gasteiger partial charge in [0.2, 0.25) is 5.43 Å². The van der Waals surface area contributed by atoms with Gasteiger partial charge in [-0.2, -0.15) is 0 Å². The Bertz CT molecular complexity index is 838. The van der Waals surface area contributed by atoms with Gasteiger partial charge in [-0.05, 0) is 24.5 Å². The van der Waals surface area contributed by atoms with Crippen LogP contribution in [0.15, 0.2) is 23.1 Å². The van der Waals surface area contributed by atoms with Crippen LogP contribution in [0.3, 0.4) is 0 Å². The van der Waals surface area contributed by atoms with Gasteiger partial charge < -0.3 is 15.4 Å². The minimum atomic E-state index is -1.19. The van der Waals surface area contributed by atoms with Crippen LogP contribution in [0, 0.1) is 0 Å². The van der Waals surface area contributed by atoms with Crippen molar-refractivity contribution >= 4 is 22.6 Å². The predicted octanol–water partition coefficient (Wildman–Crippen LogP) is 2.49. The van der Waals surface area contributed by atoms with Crippen LogP contribution < -0.4 is 11.2 Å². The second-order valence-electron chi connectivity index (χ2n) is 6.01. The van der Waals surface area contributed by atoms with Crippen LogP contribution in [0.5, 0.6) is 0 Å². The van der Waals surface area contributed by atoms with Crippen LogP contribution in [0.2, 0.25) is 0 Å². The highest BCUT2D eigenvalue weighted by Crippen LogP contribution is 2.49. The second-order valence-corrected chi connectivity index (χ2v) is 6.01. The van der Waals surface area contributed by atoms with E-state index in [0.29, 0.717) is 17.0 Å². The number of rotatable bonds is 1. The predicted molar refractivity (Wildman–Crippen MR) is 79.8 cm³/mol. The molecular weight excluding hydrogens is 268 g/mol. The Kier molecular flexibility index (Phi) is 2.43. The fourth-order valence-corrected chi connectivity index (χ4v) is 4.06. The molecule has 5 heteroatoms. The lowest BCUT2D eigenvalue weighted by atomic mass is 9.82. The van der Waals surface area contributed by atoms with E-state index in [2.05, 4.69) is 0 Å². The molecule has 5 nitrogen and oxygen atoms in total. The number of carboxylic acid groups (broad SMARTS) is 1. The molecule has 4 rings (SSSR count). The molecule has 0 radical (unpaired) electrons. The van der Waals surface area contributed by atoms with Gasteiger partial charge in [-0.25, -0.2) is 4.79 Å². The Hall–Kier alpha value is -2.30. The monoisotopic (exact) mass is 284 g/mol. The van der Waals surface area contributed by atoms with Crippen LogP contribution in [0.25, 0.3) is 10.9 Å². The van der Waals surface area contributed by atoms with Crippen LogP contribution in [0.4, 0.5) is 5.69 Å². The molecule has 2 unspecified atom stereocenters. The molecule has 2 heterocycles. The van der Waals surface area contributed by atoms with Crippen molar-refractivity contribution in [1.29, 1.82) is 0 Å². The van der Waals surface area contributed by atoms with Gasteiger partial charge in [-0.3, -0.25) is 4.79 Å². The number of pyridine rings is 1. The normalized spacial score (nSPS) is 23.2. The standard InChI is InChI=1S/C16H16N2O3/c17-11-6-5-9-8-3-1-2-4-12(8)18-7-10(16(20)21)15(19)13(11)14(9)18/h5-8,12H,1-4,17H2,(H,20,21). The number of benzene rings is 1. The third-order valence-corrected chi connectivity index (χ3v) is 4.96. The maximum atomic E-state index is 12.5. The summed E-state index contributed by atoms with van der Waals surface area (Å²) in [7, 11) is 0. The fraction of sp³-hybridized carbons (Fsp3) is 0.375. The average Bonchev–Trinajstić information content (AvgIpc) is 2.78. The van der Waals surface area contributed by atoms with E-state index in [-0.39, 0.29) is 11.6 Å². The molecule has 2 atom stereocenters. The average molecular weight is 284 g/mol. The molecule has 1 fully saturated rings. The highest BCUT2D eigenvalue weighted by Gasteiger charge is 2.37. The van der Waals surface area contributed by atoms with E-state index in [4.69, 9.17) is 5.73 Å². The fourth-order valence-electron chi connectivity index (χ4n) is 4.06. The summed E-state index contributed by atoms with van der Waals surface area (Å²) in [6, 6.07) is 4.01. The summed E-state index contributed by atoms with van der Waals surface area (Å²) < 4.78 is 2.00. The largest absolute Gasteiger partial charge is 0.477 e. The van der Waals surface area contributed by atoms with Gasteiger partial charge in [0.1, 0.15) is 5.56 Å². The minimum absolute atomic E-state index is 0.183. The number of carboxylic acids is 1. The molecule has 1 aromatic heterocycles. The van der Waals surface area contributed by atoms with Crippen LogP contribution in [-0.4, -0.2) is 15.6 Å². The number of anilines is 1. The van der Waals surface area contributed by atoms with Crippen LogP contribution >= 0.6 is 0 Å². The zero-order chi connectivity index (χ0) is 14.7. The summed E-state index contributed by atoms with van der Waals surface area (Å²) >= 11 is 0. The van der Waals surface area contributed by atoms with Gasteiger partial charge in [0.15, 0.2) is 0 Å². The van der Waals surface area contributed by atoms with Crippen LogP contribution in [0.1, 0.15) is 53.6 Å². The molecule has 1 aliphatic heterocycles. The number of nitrogens with zero attached hydrogens (tertiary/aromatic N) is 1. The SMILES string of the molecule is Nc1ccc2c3c1c(=O)c(C(=O)O)cn3C1CCCCC21. The molecule has 21 heavy (non-hydrogen) atoms. The van der Waals surface area contributed by atoms with E-state index in [0.717, 1.165) is 30.3 Å². The summed E-state index contributed by atoms with van der Waals surface area (Å²) in [6.07, 6.45) is 5.95. The summed E-state index contributed by atoms with van der Waals surface area (Å²) in [5.74, 6) is -0.806. The van der Waals surface area contributed by atoms with Gasteiger partial charge in [0.05, 0.1) is 10.9 Å². The van der Waals surface area contributed by atoms with E-state index in [9.17, 15) is 14.7 Å². The van der Waals surface area contributed by atoms with Crippen molar-refractivity contribution in [3.63, 3.8) is 0 Å². The van der Waals surface area contributed by atoms with E-state index in [1.807, 2.05) is 10.6 Å². The first-order valence-corrected chi connectivity index (χ1v) is 7.30. The third kappa shape index (κ3) is 1.51. The highest BCUT2D eigenvalue weighted by molar-refractivity contribution is 5.99. The molecule has 108 valence electrons. The van der Waals surface area contributed by atoms with Crippen molar-refractivity contribution in [3.8, 4) is 0 Å². The Balaban J connectivity index is 2.15. The number of carbonyl (C=O) groups is 1. The highest BCUT2D eigenvalue weighted by atomic mass is 16.4. The molecule has 3 N–H and O–H groups in total. The van der Waals surface area contributed by atoms with E-state index in [1.54, 1.807) is 6.07 Å². The molecule has 0 bridgehead atoms. The lowest BCUT2D eigenvalue weighted by Gasteiger charge is -2.27. The maximum absolute atomic E-state index is 12.5. The Morgan fingerprint density at radius 2 is 2.05 bits per heavy atom. The molecule has 2 aliphatic rings. The number of aromatic nitrogens is 1. The third-order valence-electron chi connectivity index (χ3n) is 4.96. The molecule has 1 aromatic carbocycles. The molecular formula is C16H16N2O3. The smallest absolute Gasteiger partial charge is 0.341 e. The summed E-state index contributed by atoms with van der Waals surface area (Å²) in [5.41, 5.74) is 7.70. The molecule has 0 saturated heterocycles. The molecule has 2 aromatic rings. The van der Waals surface area contributed by atoms with Crippen molar-refractivity contribution in [1.82, 2.24) is 4.57 Å². The van der Waals surface area contributed by atoms with Gasteiger partial charge >= 0.3 is 5.97 Å². The Morgan fingerprint density at radius 1 is 1.29 bits per heavy atom. The number of nitrogen functional groups attached to an aromatic ring is 1. The Labute approximate surface area is 121 Å². The van der Waals surface area contributed by atoms with Crippen LogP contribution in [-0.2, 0) is 0 Å². The molecule has 0 amide bonds. The van der Waals surface area contributed by atoms with E-state index >= 15 is 0 Å². The lowest BCUT2D eigenvalue weighted by molar-refractivity contribution is 0.0694. The van der Waals surface area contributed by atoms with Gasteiger partial charge in [0, 0.05) is 23.8 Å². The molecule has 0 spiro atoms. The summed E-state index contributed by atoms with van der Waals surface area (Å²) in [5, 5.41) is 9.67. The van der Waals surface area contributed by atoms with Crippen molar-refractivity contribution in [3.05, 3.63) is 39.7 Å². The maximum Gasteiger partial charge on any atom is 0.341 e. The topological polar surface area (TPSA) is 85.3 Å². The first-order chi connectivity index (χ1) is 10.1. The van der Waals surface area contributed by atoms with Gasteiger partial charge in [-0.1, -0.05) is 18.9 Å². The summed E-state index contributed by atoms with van der Waals surface area (Å²) in [6.45, 7) is 0. The Morgan fingerprint density at radius 3 is 2.81 bits per heavy atom. The van der Waals surface area contributed by atoms with Crippen molar-refractivity contribution in [2.24, 2.45) is 0 Å². The van der Waals surface area contributed by atoms with Gasteiger partial charge in [-0.15, -0.1) is 0 Å². The number of fused-ring (bicyclic) bond motifs is 3. The number of hydrogen-bond donors (Lipinski definition) is 2. The van der Waals surface area contributed by atoms with Crippen molar-refractivity contribution in [2.75, 3.05) is 5.73 Å². The van der Waals surface area contributed by atoms with E-state index in [1.165, 1.54) is 12.6 Å². The number of hydrogen-bond acceptors (Lipinski definition) is 3. The zero-order valence-corrected chi connectivity index (χ0v) is 11.5. The number of aromatic carboxylic acids is 1. The van der Waals surface area contributed by atoms with Gasteiger partial charge in [0.25, 0.3) is 0 Å². The first kappa shape index (κ1) is 12.4. The minimum Gasteiger partial charge on any atom is -0.477 e. The molecule has 1 aliphatic carbocycles. The summed E-state index contributed by atoms with van der Waals surface area (Å²) in [4.78, 5) is 23.8. The number of nitrogens with two attached hydrogens (primary N) is 1. The molecule has 1 saturated carbocycles. The second kappa shape index (κ2) is 4.10. The van der Waals surface area contributed by atoms with Crippen molar-refractivity contribution in [2.45, 2.75) is 37.6 Å². The zero-order valence-electron chi connectivity index (χ0n) is 11.5. The lowest BCUT2D eigenvalue weighted by Crippen LogP contribution is -2.21. The van der Waals surface area contributed by atoms with Crippen molar-refractivity contribution < 1.29 is 9.90 Å². The first-order valence-electron chi connectivity index (χ1n) is 7.30.